The van der Waals surface area contributed by atoms with Crippen LogP contribution in [0.5, 0.6) is 0 Å². The first-order valence-electron chi connectivity index (χ1n) is 4.21. The summed E-state index contributed by atoms with van der Waals surface area (Å²) in [4.78, 5) is 4.20. The molecule has 68 valence electrons. The van der Waals surface area contributed by atoms with Crippen molar-refractivity contribution < 1.29 is 0 Å². The van der Waals surface area contributed by atoms with Gasteiger partial charge in [-0.2, -0.15) is 0 Å². The summed E-state index contributed by atoms with van der Waals surface area (Å²) in [5.41, 5.74) is 0. The smallest absolute Gasteiger partial charge is 0.0939 e. The third-order valence-electron chi connectivity index (χ3n) is 1.61. The normalized spacial score (nSPS) is 13.7. The third-order valence-corrected chi connectivity index (χ3v) is 2.74. The van der Waals surface area contributed by atoms with Crippen LogP contribution in [0.15, 0.2) is 11.6 Å². The minimum Gasteiger partial charge on any atom is -0.250 e. The van der Waals surface area contributed by atoms with Crippen molar-refractivity contribution in [2.45, 2.75) is 32.1 Å². The molecule has 0 saturated heterocycles. The standard InChI is InChI=1S/C9H14ClNS/c1-7(2)5-8(10)6-9-11-3-4-12-9/h3-4,7-8H,5-6H2,1-2H3. The lowest BCUT2D eigenvalue weighted by molar-refractivity contribution is 0.561. The summed E-state index contributed by atoms with van der Waals surface area (Å²) in [6.07, 6.45) is 3.82. The molecule has 0 aromatic carbocycles. The van der Waals surface area contributed by atoms with E-state index in [0.29, 0.717) is 5.92 Å². The van der Waals surface area contributed by atoms with Gasteiger partial charge in [0.2, 0.25) is 0 Å². The highest BCUT2D eigenvalue weighted by Crippen LogP contribution is 2.17. The summed E-state index contributed by atoms with van der Waals surface area (Å²) < 4.78 is 0. The number of aromatic nitrogens is 1. The molecule has 12 heavy (non-hydrogen) atoms. The zero-order valence-electron chi connectivity index (χ0n) is 7.46. The van der Waals surface area contributed by atoms with E-state index in [1.807, 2.05) is 11.6 Å². The number of rotatable bonds is 4. The molecule has 0 spiro atoms. The Morgan fingerprint density at radius 2 is 2.33 bits per heavy atom. The number of halogens is 1. The molecule has 0 aliphatic heterocycles. The highest BCUT2D eigenvalue weighted by atomic mass is 35.5. The molecular weight excluding hydrogens is 190 g/mol. The summed E-state index contributed by atoms with van der Waals surface area (Å²) in [6, 6.07) is 0. The van der Waals surface area contributed by atoms with Gasteiger partial charge < -0.3 is 0 Å². The molecule has 0 fully saturated rings. The molecule has 0 bridgehead atoms. The zero-order chi connectivity index (χ0) is 8.97. The van der Waals surface area contributed by atoms with E-state index in [4.69, 9.17) is 11.6 Å². The van der Waals surface area contributed by atoms with Gasteiger partial charge in [-0.3, -0.25) is 0 Å². The fourth-order valence-corrected chi connectivity index (χ4v) is 2.43. The minimum atomic E-state index is 0.246. The molecule has 1 aromatic heterocycles. The molecule has 3 heteroatoms. The van der Waals surface area contributed by atoms with Crippen molar-refractivity contribution in [2.24, 2.45) is 5.92 Å². The van der Waals surface area contributed by atoms with Crippen LogP contribution in [0.25, 0.3) is 0 Å². The second kappa shape index (κ2) is 4.83. The third kappa shape index (κ3) is 3.55. The lowest BCUT2D eigenvalue weighted by Gasteiger charge is -2.09. The van der Waals surface area contributed by atoms with Crippen LogP contribution in [0.3, 0.4) is 0 Å². The van der Waals surface area contributed by atoms with Crippen molar-refractivity contribution in [2.75, 3.05) is 0 Å². The predicted octanol–water partition coefficient (Wildman–Crippen LogP) is 3.34. The molecule has 1 nitrogen and oxygen atoms in total. The topological polar surface area (TPSA) is 12.9 Å². The van der Waals surface area contributed by atoms with Crippen molar-refractivity contribution in [3.05, 3.63) is 16.6 Å². The van der Waals surface area contributed by atoms with Crippen LogP contribution >= 0.6 is 22.9 Å². The van der Waals surface area contributed by atoms with Gasteiger partial charge in [0.15, 0.2) is 0 Å². The summed E-state index contributed by atoms with van der Waals surface area (Å²) >= 11 is 7.82. The van der Waals surface area contributed by atoms with E-state index in [1.54, 1.807) is 11.3 Å². The van der Waals surface area contributed by atoms with E-state index >= 15 is 0 Å². The molecule has 0 radical (unpaired) electrons. The Bertz CT molecular complexity index is 208. The van der Waals surface area contributed by atoms with Crippen LogP contribution in [0.1, 0.15) is 25.3 Å². The predicted molar refractivity (Wildman–Crippen MR) is 54.9 cm³/mol. The van der Waals surface area contributed by atoms with Gasteiger partial charge in [0.1, 0.15) is 0 Å². The number of hydrogen-bond donors (Lipinski definition) is 0. The molecular formula is C9H14ClNS. The van der Waals surface area contributed by atoms with Crippen LogP contribution in [-0.4, -0.2) is 10.4 Å². The van der Waals surface area contributed by atoms with Gasteiger partial charge in [0, 0.05) is 23.4 Å². The van der Waals surface area contributed by atoms with Gasteiger partial charge in [0.25, 0.3) is 0 Å². The zero-order valence-corrected chi connectivity index (χ0v) is 9.03. The fourth-order valence-electron chi connectivity index (χ4n) is 1.14. The van der Waals surface area contributed by atoms with Gasteiger partial charge in [-0.25, -0.2) is 4.98 Å². The summed E-state index contributed by atoms with van der Waals surface area (Å²) in [6.45, 7) is 4.38. The highest BCUT2D eigenvalue weighted by molar-refractivity contribution is 7.09. The lowest BCUT2D eigenvalue weighted by Crippen LogP contribution is -2.06. The van der Waals surface area contributed by atoms with Crippen molar-refractivity contribution in [3.8, 4) is 0 Å². The van der Waals surface area contributed by atoms with Crippen LogP contribution in [0, 0.1) is 5.92 Å². The van der Waals surface area contributed by atoms with Gasteiger partial charge in [-0.15, -0.1) is 22.9 Å². The molecule has 1 aromatic rings. The average molecular weight is 204 g/mol. The summed E-state index contributed by atoms with van der Waals surface area (Å²) in [5, 5.41) is 3.39. The van der Waals surface area contributed by atoms with E-state index in [2.05, 4.69) is 18.8 Å². The van der Waals surface area contributed by atoms with Gasteiger partial charge in [-0.05, 0) is 12.3 Å². The van der Waals surface area contributed by atoms with Crippen molar-refractivity contribution in [3.63, 3.8) is 0 Å². The molecule has 1 rings (SSSR count). The summed E-state index contributed by atoms with van der Waals surface area (Å²) in [5.74, 6) is 0.674. The van der Waals surface area contributed by atoms with E-state index in [0.717, 1.165) is 17.8 Å². The Labute approximate surface area is 82.8 Å². The Balaban J connectivity index is 2.32. The van der Waals surface area contributed by atoms with Crippen LogP contribution in [-0.2, 0) is 6.42 Å². The molecule has 0 amide bonds. The lowest BCUT2D eigenvalue weighted by atomic mass is 10.1. The SMILES string of the molecule is CC(C)CC(Cl)Cc1nccs1. The number of nitrogens with zero attached hydrogens (tertiary/aromatic N) is 1. The maximum atomic E-state index is 6.13. The van der Waals surface area contributed by atoms with Crippen LogP contribution < -0.4 is 0 Å². The number of thiazole rings is 1. The fraction of sp³-hybridized carbons (Fsp3) is 0.667. The van der Waals surface area contributed by atoms with E-state index in [9.17, 15) is 0 Å². The Morgan fingerprint density at radius 3 is 2.83 bits per heavy atom. The second-order valence-corrected chi connectivity index (χ2v) is 4.95. The monoisotopic (exact) mass is 203 g/mol. The molecule has 1 heterocycles. The Hall–Kier alpha value is -0.0800. The molecule has 0 aliphatic rings. The first kappa shape index (κ1) is 10.0. The molecule has 1 unspecified atom stereocenters. The van der Waals surface area contributed by atoms with Crippen molar-refractivity contribution in [1.29, 1.82) is 0 Å². The van der Waals surface area contributed by atoms with Gasteiger partial charge in [-0.1, -0.05) is 13.8 Å². The van der Waals surface area contributed by atoms with Crippen LogP contribution in [0.2, 0.25) is 0 Å². The second-order valence-electron chi connectivity index (χ2n) is 3.36. The van der Waals surface area contributed by atoms with Crippen LogP contribution in [0.4, 0.5) is 0 Å². The Morgan fingerprint density at radius 1 is 1.58 bits per heavy atom. The number of alkyl halides is 1. The molecule has 0 aliphatic carbocycles. The van der Waals surface area contributed by atoms with E-state index in [-0.39, 0.29) is 5.38 Å². The quantitative estimate of drug-likeness (QED) is 0.685. The van der Waals surface area contributed by atoms with E-state index in [1.165, 1.54) is 0 Å². The van der Waals surface area contributed by atoms with Gasteiger partial charge >= 0.3 is 0 Å². The van der Waals surface area contributed by atoms with Gasteiger partial charge in [0.05, 0.1) is 5.01 Å². The summed E-state index contributed by atoms with van der Waals surface area (Å²) in [7, 11) is 0. The maximum absolute atomic E-state index is 6.13. The first-order valence-corrected chi connectivity index (χ1v) is 5.52. The largest absolute Gasteiger partial charge is 0.250 e. The maximum Gasteiger partial charge on any atom is 0.0939 e. The minimum absolute atomic E-state index is 0.246. The Kier molecular flexibility index (Phi) is 4.02. The van der Waals surface area contributed by atoms with Crippen molar-refractivity contribution >= 4 is 22.9 Å². The average Bonchev–Trinajstić information content (AvgIpc) is 2.37. The molecule has 1 atom stereocenters. The molecule has 0 N–H and O–H groups in total. The number of hydrogen-bond acceptors (Lipinski definition) is 2. The van der Waals surface area contributed by atoms with E-state index < -0.39 is 0 Å². The first-order chi connectivity index (χ1) is 5.68. The van der Waals surface area contributed by atoms with Crippen molar-refractivity contribution in [1.82, 2.24) is 4.98 Å². The highest BCUT2D eigenvalue weighted by Gasteiger charge is 2.09. The molecule has 0 saturated carbocycles.